The topological polar surface area (TPSA) is 58.5 Å². The van der Waals surface area contributed by atoms with Crippen LogP contribution in [0.3, 0.4) is 0 Å². The Labute approximate surface area is 149 Å². The van der Waals surface area contributed by atoms with E-state index < -0.39 is 17.5 Å². The van der Waals surface area contributed by atoms with Gasteiger partial charge in [-0.1, -0.05) is 0 Å². The second-order valence-corrected chi connectivity index (χ2v) is 6.59. The van der Waals surface area contributed by atoms with Gasteiger partial charge in [0.15, 0.2) is 0 Å². The Morgan fingerprint density at radius 3 is 2.58 bits per heavy atom. The van der Waals surface area contributed by atoms with E-state index in [9.17, 15) is 18.3 Å². The molecule has 0 unspecified atom stereocenters. The Bertz CT molecular complexity index is 755. The zero-order valence-electron chi connectivity index (χ0n) is 14.5. The summed E-state index contributed by atoms with van der Waals surface area (Å²) in [5.41, 5.74) is -0.101. The largest absolute Gasteiger partial charge is 0.507 e. The lowest BCUT2D eigenvalue weighted by Gasteiger charge is -2.29. The molecule has 140 valence electrons. The molecule has 1 aliphatic rings. The second-order valence-electron chi connectivity index (χ2n) is 6.59. The Kier molecular flexibility index (Phi) is 5.04. The molecule has 0 amide bonds. The monoisotopic (exact) mass is 367 g/mol. The number of phenols is 1. The molecule has 26 heavy (non-hydrogen) atoms. The average Bonchev–Trinajstić information content (AvgIpc) is 2.55. The predicted octanol–water partition coefficient (Wildman–Crippen LogP) is 3.65. The van der Waals surface area contributed by atoms with Crippen LogP contribution in [0.1, 0.15) is 24.0 Å². The molecule has 1 fully saturated rings. The summed E-state index contributed by atoms with van der Waals surface area (Å²) in [7, 11) is 2.03. The third-order valence-electron chi connectivity index (χ3n) is 4.41. The molecule has 0 aliphatic carbocycles. The van der Waals surface area contributed by atoms with E-state index in [1.165, 1.54) is 6.92 Å². The number of piperidine rings is 1. The van der Waals surface area contributed by atoms with Gasteiger partial charge in [-0.05, 0) is 57.1 Å². The molecular formula is C18H20F3N3O2. The zero-order valence-corrected chi connectivity index (χ0v) is 14.5. The lowest BCUT2D eigenvalue weighted by molar-refractivity contribution is -0.137. The smallest absolute Gasteiger partial charge is 0.416 e. The maximum absolute atomic E-state index is 12.8. The van der Waals surface area contributed by atoms with Gasteiger partial charge in [-0.3, -0.25) is 0 Å². The van der Waals surface area contributed by atoms with Crippen molar-refractivity contribution in [2.75, 3.05) is 20.1 Å². The molecular weight excluding hydrogens is 347 g/mol. The molecule has 1 aliphatic heterocycles. The highest BCUT2D eigenvalue weighted by Crippen LogP contribution is 2.38. The summed E-state index contributed by atoms with van der Waals surface area (Å²) < 4.78 is 44.3. The lowest BCUT2D eigenvalue weighted by atomic mass is 10.0. The third-order valence-corrected chi connectivity index (χ3v) is 4.41. The van der Waals surface area contributed by atoms with E-state index >= 15 is 0 Å². The molecule has 1 atom stereocenters. The van der Waals surface area contributed by atoms with Crippen LogP contribution in [0.2, 0.25) is 0 Å². The van der Waals surface area contributed by atoms with Crippen molar-refractivity contribution in [1.82, 2.24) is 15.1 Å². The maximum Gasteiger partial charge on any atom is 0.416 e. The van der Waals surface area contributed by atoms with E-state index in [4.69, 9.17) is 4.74 Å². The number of hydrogen-bond acceptors (Lipinski definition) is 5. The fourth-order valence-electron chi connectivity index (χ4n) is 3.17. The van der Waals surface area contributed by atoms with E-state index in [1.807, 2.05) is 7.05 Å². The van der Waals surface area contributed by atoms with E-state index in [0.717, 1.165) is 32.0 Å². The molecule has 8 heteroatoms. The summed E-state index contributed by atoms with van der Waals surface area (Å²) in [5, 5.41) is 18.1. The Morgan fingerprint density at radius 1 is 1.23 bits per heavy atom. The summed E-state index contributed by atoms with van der Waals surface area (Å²) in [6.45, 7) is 3.34. The number of aryl methyl sites for hydroxylation is 1. The molecule has 2 heterocycles. The fourth-order valence-corrected chi connectivity index (χ4v) is 3.17. The van der Waals surface area contributed by atoms with Gasteiger partial charge in [0.25, 0.3) is 0 Å². The first-order chi connectivity index (χ1) is 12.2. The summed E-state index contributed by atoms with van der Waals surface area (Å²) in [6, 6.07) is 4.89. The predicted molar refractivity (Wildman–Crippen MR) is 90.0 cm³/mol. The van der Waals surface area contributed by atoms with Crippen molar-refractivity contribution in [2.24, 2.45) is 0 Å². The Morgan fingerprint density at radius 2 is 2.00 bits per heavy atom. The minimum atomic E-state index is -4.52. The molecule has 1 saturated heterocycles. The molecule has 2 aromatic rings. The minimum absolute atomic E-state index is 0.0371. The molecule has 1 N–H and O–H groups in total. The standard InChI is InChI=1S/C18H20F3N3O2/c1-11-8-12(18(19,20)21)9-15(25)17(11)14-5-6-16(23-22-14)26-13-4-3-7-24(2)10-13/h5-6,8-9,13,25H,3-4,7,10H2,1-2H3/t13-/m1/s1. The van der Waals surface area contributed by atoms with Gasteiger partial charge in [0.2, 0.25) is 5.88 Å². The van der Waals surface area contributed by atoms with Crippen LogP contribution < -0.4 is 4.74 Å². The minimum Gasteiger partial charge on any atom is -0.507 e. The molecule has 0 spiro atoms. The van der Waals surface area contributed by atoms with Crippen LogP contribution >= 0.6 is 0 Å². The van der Waals surface area contributed by atoms with E-state index in [1.54, 1.807) is 12.1 Å². The van der Waals surface area contributed by atoms with E-state index in [2.05, 4.69) is 15.1 Å². The third kappa shape index (κ3) is 4.07. The number of benzene rings is 1. The number of rotatable bonds is 3. The van der Waals surface area contributed by atoms with Crippen molar-refractivity contribution in [3.8, 4) is 22.9 Å². The number of nitrogens with zero attached hydrogens (tertiary/aromatic N) is 3. The van der Waals surface area contributed by atoms with Gasteiger partial charge in [0.1, 0.15) is 11.9 Å². The number of alkyl halides is 3. The maximum atomic E-state index is 12.8. The average molecular weight is 367 g/mol. The highest BCUT2D eigenvalue weighted by atomic mass is 19.4. The normalized spacial score (nSPS) is 18.7. The zero-order chi connectivity index (χ0) is 18.9. The summed E-state index contributed by atoms with van der Waals surface area (Å²) in [4.78, 5) is 2.18. The van der Waals surface area contributed by atoms with Gasteiger partial charge >= 0.3 is 6.18 Å². The number of aromatic nitrogens is 2. The highest BCUT2D eigenvalue weighted by Gasteiger charge is 2.32. The van der Waals surface area contributed by atoms with Crippen LogP contribution in [-0.2, 0) is 6.18 Å². The van der Waals surface area contributed by atoms with Gasteiger partial charge < -0.3 is 14.7 Å². The second kappa shape index (κ2) is 7.11. The Balaban J connectivity index is 1.80. The first-order valence-electron chi connectivity index (χ1n) is 8.34. The van der Waals surface area contributed by atoms with Crippen molar-refractivity contribution in [3.05, 3.63) is 35.4 Å². The number of hydrogen-bond donors (Lipinski definition) is 1. The van der Waals surface area contributed by atoms with Gasteiger partial charge in [0.05, 0.1) is 11.3 Å². The van der Waals surface area contributed by atoms with Crippen LogP contribution in [0.4, 0.5) is 13.2 Å². The van der Waals surface area contributed by atoms with Crippen LogP contribution in [0.15, 0.2) is 24.3 Å². The summed E-state index contributed by atoms with van der Waals surface area (Å²) in [6.07, 6.45) is -2.50. The molecule has 0 radical (unpaired) electrons. The molecule has 5 nitrogen and oxygen atoms in total. The molecule has 1 aromatic carbocycles. The SMILES string of the molecule is Cc1cc(C(F)(F)F)cc(O)c1-c1ccc(O[C@@H]2CCCN(C)C2)nn1. The first kappa shape index (κ1) is 18.4. The number of likely N-dealkylation sites (N-methyl/N-ethyl adjacent to an activating group) is 1. The summed E-state index contributed by atoms with van der Waals surface area (Å²) >= 11 is 0. The van der Waals surface area contributed by atoms with Crippen molar-refractivity contribution in [2.45, 2.75) is 32.0 Å². The van der Waals surface area contributed by atoms with Crippen LogP contribution in [0.25, 0.3) is 11.3 Å². The fraction of sp³-hybridized carbons (Fsp3) is 0.444. The lowest BCUT2D eigenvalue weighted by Crippen LogP contribution is -2.38. The number of ether oxygens (including phenoxy) is 1. The number of phenolic OH excluding ortho intramolecular Hbond substituents is 1. The number of halogens is 3. The Hall–Kier alpha value is -2.35. The van der Waals surface area contributed by atoms with Gasteiger partial charge in [-0.25, -0.2) is 0 Å². The highest BCUT2D eigenvalue weighted by molar-refractivity contribution is 5.71. The van der Waals surface area contributed by atoms with Gasteiger partial charge in [0, 0.05) is 18.2 Å². The van der Waals surface area contributed by atoms with Gasteiger partial charge in [-0.15, -0.1) is 10.2 Å². The van der Waals surface area contributed by atoms with Crippen LogP contribution in [0.5, 0.6) is 11.6 Å². The van der Waals surface area contributed by atoms with Gasteiger partial charge in [-0.2, -0.15) is 13.2 Å². The van der Waals surface area contributed by atoms with Crippen LogP contribution in [-0.4, -0.2) is 46.4 Å². The van der Waals surface area contributed by atoms with Crippen molar-refractivity contribution < 1.29 is 23.0 Å². The van der Waals surface area contributed by atoms with Crippen molar-refractivity contribution >= 4 is 0 Å². The summed E-state index contributed by atoms with van der Waals surface area (Å²) in [5.74, 6) is -0.118. The first-order valence-corrected chi connectivity index (χ1v) is 8.34. The molecule has 3 rings (SSSR count). The quantitative estimate of drug-likeness (QED) is 0.897. The number of likely N-dealkylation sites (tertiary alicyclic amines) is 1. The van der Waals surface area contributed by atoms with E-state index in [0.29, 0.717) is 17.6 Å². The van der Waals surface area contributed by atoms with E-state index in [-0.39, 0.29) is 17.2 Å². The molecule has 0 saturated carbocycles. The molecule has 0 bridgehead atoms. The van der Waals surface area contributed by atoms with Crippen molar-refractivity contribution in [1.29, 1.82) is 0 Å². The molecule has 1 aromatic heterocycles. The van der Waals surface area contributed by atoms with Crippen LogP contribution in [0, 0.1) is 6.92 Å². The number of aromatic hydroxyl groups is 1. The van der Waals surface area contributed by atoms with Crippen molar-refractivity contribution in [3.63, 3.8) is 0 Å².